The molecule has 0 spiro atoms. The number of nitrogens with one attached hydrogen (secondary N) is 2. The molecule has 0 fully saturated rings. The van der Waals surface area contributed by atoms with Gasteiger partial charge in [-0.25, -0.2) is 4.98 Å². The molecule has 0 aliphatic carbocycles. The largest absolute Gasteiger partial charge is 0.360 e. The number of nitrogens with zero attached hydrogens (tertiary/aromatic N) is 2. The number of rotatable bonds is 3. The number of H-pyrrole nitrogens is 1. The SMILES string of the molecule is CNCc1c(-c2c[nH]c3ccccc23)ncn1C. The van der Waals surface area contributed by atoms with Gasteiger partial charge in [0.25, 0.3) is 0 Å². The highest BCUT2D eigenvalue weighted by atomic mass is 15.1. The lowest BCUT2D eigenvalue weighted by molar-refractivity contribution is 0.735. The summed E-state index contributed by atoms with van der Waals surface area (Å²) in [6, 6.07) is 8.30. The van der Waals surface area contributed by atoms with E-state index in [2.05, 4.69) is 38.1 Å². The number of benzene rings is 1. The quantitative estimate of drug-likeness (QED) is 0.737. The maximum Gasteiger partial charge on any atom is 0.0953 e. The fourth-order valence-electron chi connectivity index (χ4n) is 2.32. The third-order valence-electron chi connectivity index (χ3n) is 3.25. The third kappa shape index (κ3) is 1.62. The van der Waals surface area contributed by atoms with Gasteiger partial charge >= 0.3 is 0 Å². The first-order valence-electron chi connectivity index (χ1n) is 6.02. The second kappa shape index (κ2) is 4.31. The first kappa shape index (κ1) is 11.0. The number of hydrogen-bond donors (Lipinski definition) is 2. The Balaban J connectivity index is 2.20. The zero-order valence-electron chi connectivity index (χ0n) is 10.6. The molecule has 2 N–H and O–H groups in total. The van der Waals surface area contributed by atoms with Gasteiger partial charge in [0, 0.05) is 36.3 Å². The Hall–Kier alpha value is -2.07. The maximum absolute atomic E-state index is 4.53. The lowest BCUT2D eigenvalue weighted by Crippen LogP contribution is -2.09. The number of aromatic nitrogens is 3. The Morgan fingerprint density at radius 3 is 3.00 bits per heavy atom. The topological polar surface area (TPSA) is 45.6 Å². The number of aromatic amines is 1. The van der Waals surface area contributed by atoms with E-state index in [1.165, 1.54) is 11.1 Å². The summed E-state index contributed by atoms with van der Waals surface area (Å²) in [7, 11) is 3.98. The summed E-state index contributed by atoms with van der Waals surface area (Å²) in [5.41, 5.74) is 4.55. The van der Waals surface area contributed by atoms with Crippen LogP contribution in [0.1, 0.15) is 5.69 Å². The van der Waals surface area contributed by atoms with Gasteiger partial charge in [-0.15, -0.1) is 0 Å². The standard InChI is InChI=1S/C14H16N4/c1-15-8-13-14(17-9-18(13)2)11-7-16-12-6-4-3-5-10(11)12/h3-7,9,15-16H,8H2,1-2H3. The maximum atomic E-state index is 4.53. The molecule has 2 heterocycles. The second-order valence-corrected chi connectivity index (χ2v) is 4.43. The van der Waals surface area contributed by atoms with Crippen molar-refractivity contribution in [2.24, 2.45) is 7.05 Å². The van der Waals surface area contributed by atoms with Crippen molar-refractivity contribution in [3.63, 3.8) is 0 Å². The number of fused-ring (bicyclic) bond motifs is 1. The van der Waals surface area contributed by atoms with Crippen LogP contribution in [0.4, 0.5) is 0 Å². The van der Waals surface area contributed by atoms with E-state index in [-0.39, 0.29) is 0 Å². The summed E-state index contributed by atoms with van der Waals surface area (Å²) in [6.45, 7) is 0.811. The number of imidazole rings is 1. The van der Waals surface area contributed by atoms with Crippen LogP contribution in [0.5, 0.6) is 0 Å². The molecule has 0 aliphatic heterocycles. The van der Waals surface area contributed by atoms with Crippen molar-refractivity contribution < 1.29 is 0 Å². The first-order valence-corrected chi connectivity index (χ1v) is 6.02. The summed E-state index contributed by atoms with van der Waals surface area (Å²) in [5.74, 6) is 0. The molecule has 0 aliphatic rings. The molecule has 4 nitrogen and oxygen atoms in total. The van der Waals surface area contributed by atoms with Gasteiger partial charge in [-0.1, -0.05) is 18.2 Å². The molecule has 0 saturated heterocycles. The molecule has 0 radical (unpaired) electrons. The van der Waals surface area contributed by atoms with E-state index < -0.39 is 0 Å². The molecule has 1 aromatic carbocycles. The number of aryl methyl sites for hydroxylation is 1. The first-order chi connectivity index (χ1) is 8.81. The van der Waals surface area contributed by atoms with Crippen molar-refractivity contribution in [1.29, 1.82) is 0 Å². The predicted molar refractivity (Wildman–Crippen MR) is 73.3 cm³/mol. The Bertz CT molecular complexity index is 678. The van der Waals surface area contributed by atoms with Gasteiger partial charge in [0.1, 0.15) is 0 Å². The Morgan fingerprint density at radius 1 is 1.33 bits per heavy atom. The van der Waals surface area contributed by atoms with Crippen molar-refractivity contribution >= 4 is 10.9 Å². The molecule has 4 heteroatoms. The summed E-state index contributed by atoms with van der Waals surface area (Å²) in [4.78, 5) is 7.83. The van der Waals surface area contributed by atoms with Crippen molar-refractivity contribution in [1.82, 2.24) is 19.9 Å². The Morgan fingerprint density at radius 2 is 2.17 bits per heavy atom. The summed E-state index contributed by atoms with van der Waals surface area (Å²) < 4.78 is 2.06. The monoisotopic (exact) mass is 240 g/mol. The third-order valence-corrected chi connectivity index (χ3v) is 3.25. The fourth-order valence-corrected chi connectivity index (χ4v) is 2.32. The van der Waals surface area contributed by atoms with Crippen LogP contribution in [-0.2, 0) is 13.6 Å². The van der Waals surface area contributed by atoms with Crippen LogP contribution >= 0.6 is 0 Å². The molecule has 3 aromatic rings. The van der Waals surface area contributed by atoms with Crippen molar-refractivity contribution in [2.45, 2.75) is 6.54 Å². The van der Waals surface area contributed by atoms with E-state index in [1.54, 1.807) is 0 Å². The number of hydrogen-bond acceptors (Lipinski definition) is 2. The van der Waals surface area contributed by atoms with Gasteiger partial charge < -0.3 is 14.9 Å². The van der Waals surface area contributed by atoms with Crippen LogP contribution in [0.25, 0.3) is 22.2 Å². The average molecular weight is 240 g/mol. The van der Waals surface area contributed by atoms with Crippen LogP contribution in [0.3, 0.4) is 0 Å². The van der Waals surface area contributed by atoms with Gasteiger partial charge in [-0.05, 0) is 13.1 Å². The molecule has 0 saturated carbocycles. The average Bonchev–Trinajstić information content (AvgIpc) is 2.95. The van der Waals surface area contributed by atoms with E-state index in [4.69, 9.17) is 0 Å². The number of para-hydroxylation sites is 1. The smallest absolute Gasteiger partial charge is 0.0953 e. The van der Waals surface area contributed by atoms with Crippen molar-refractivity contribution in [3.8, 4) is 11.3 Å². The summed E-state index contributed by atoms with van der Waals surface area (Å²) in [5, 5.41) is 4.41. The molecule has 0 unspecified atom stereocenters. The molecular formula is C14H16N4. The summed E-state index contributed by atoms with van der Waals surface area (Å²) in [6.07, 6.45) is 3.90. The van der Waals surface area contributed by atoms with Gasteiger partial charge in [0.05, 0.1) is 17.7 Å². The zero-order valence-corrected chi connectivity index (χ0v) is 10.6. The normalized spacial score (nSPS) is 11.2. The Labute approximate surface area is 106 Å². The zero-order chi connectivity index (χ0) is 12.5. The Kier molecular flexibility index (Phi) is 2.64. The lowest BCUT2D eigenvalue weighted by Gasteiger charge is -2.04. The van der Waals surface area contributed by atoms with Crippen molar-refractivity contribution in [3.05, 3.63) is 42.5 Å². The molecule has 92 valence electrons. The van der Waals surface area contributed by atoms with Gasteiger partial charge in [0.15, 0.2) is 0 Å². The van der Waals surface area contributed by atoms with E-state index in [0.29, 0.717) is 0 Å². The van der Waals surface area contributed by atoms with E-state index in [9.17, 15) is 0 Å². The molecule has 2 aromatic heterocycles. The van der Waals surface area contributed by atoms with Crippen LogP contribution < -0.4 is 5.32 Å². The molecule has 18 heavy (non-hydrogen) atoms. The fraction of sp³-hybridized carbons (Fsp3) is 0.214. The van der Waals surface area contributed by atoms with Gasteiger partial charge in [-0.2, -0.15) is 0 Å². The molecule has 0 bridgehead atoms. The van der Waals surface area contributed by atoms with Crippen LogP contribution in [0, 0.1) is 0 Å². The molecule has 0 atom stereocenters. The highest BCUT2D eigenvalue weighted by molar-refractivity contribution is 5.95. The lowest BCUT2D eigenvalue weighted by atomic mass is 10.1. The minimum Gasteiger partial charge on any atom is -0.360 e. The van der Waals surface area contributed by atoms with E-state index in [0.717, 1.165) is 23.3 Å². The molecule has 3 rings (SSSR count). The highest BCUT2D eigenvalue weighted by Crippen LogP contribution is 2.29. The van der Waals surface area contributed by atoms with Crippen LogP contribution in [0.2, 0.25) is 0 Å². The van der Waals surface area contributed by atoms with Crippen LogP contribution in [0.15, 0.2) is 36.8 Å². The second-order valence-electron chi connectivity index (χ2n) is 4.43. The minimum atomic E-state index is 0.811. The highest BCUT2D eigenvalue weighted by Gasteiger charge is 2.13. The van der Waals surface area contributed by atoms with Gasteiger partial charge in [-0.3, -0.25) is 0 Å². The van der Waals surface area contributed by atoms with E-state index in [1.807, 2.05) is 32.7 Å². The minimum absolute atomic E-state index is 0.811. The van der Waals surface area contributed by atoms with Gasteiger partial charge in [0.2, 0.25) is 0 Å². The summed E-state index contributed by atoms with van der Waals surface area (Å²) >= 11 is 0. The molecule has 0 amide bonds. The van der Waals surface area contributed by atoms with Crippen LogP contribution in [-0.4, -0.2) is 21.6 Å². The molecular weight excluding hydrogens is 224 g/mol. The van der Waals surface area contributed by atoms with Crippen molar-refractivity contribution in [2.75, 3.05) is 7.05 Å². The van der Waals surface area contributed by atoms with E-state index >= 15 is 0 Å². The predicted octanol–water partition coefficient (Wildman–Crippen LogP) is 2.29.